The second-order valence-corrected chi connectivity index (χ2v) is 4.40. The largest absolute Gasteiger partial charge is 0.573 e. The summed E-state index contributed by atoms with van der Waals surface area (Å²) in [4.78, 5) is 11.7. The molecule has 0 spiro atoms. The van der Waals surface area contributed by atoms with Crippen LogP contribution in [0.1, 0.15) is 24.2 Å². The molecule has 4 nitrogen and oxygen atoms in total. The maximum Gasteiger partial charge on any atom is 0.573 e. The van der Waals surface area contributed by atoms with Gasteiger partial charge in [-0.3, -0.25) is 4.79 Å². The van der Waals surface area contributed by atoms with Crippen molar-refractivity contribution in [2.24, 2.45) is 5.92 Å². The third-order valence-corrected chi connectivity index (χ3v) is 2.17. The Bertz CT molecular complexity index is 459. The van der Waals surface area contributed by atoms with E-state index in [2.05, 4.69) is 10.1 Å². The number of carbonyl (C=O) groups is 1. The number of ether oxygens (including phenoxy) is 1. The predicted octanol–water partition coefficient (Wildman–Crippen LogP) is 2.55. The fourth-order valence-electron chi connectivity index (χ4n) is 1.31. The minimum absolute atomic E-state index is 0.188. The zero-order valence-electron chi connectivity index (χ0n) is 10.5. The van der Waals surface area contributed by atoms with Crippen molar-refractivity contribution in [2.45, 2.75) is 20.2 Å². The minimum atomic E-state index is -4.81. The van der Waals surface area contributed by atoms with Crippen LogP contribution in [0.5, 0.6) is 5.75 Å². The topological polar surface area (TPSA) is 64.3 Å². The van der Waals surface area contributed by atoms with Crippen molar-refractivity contribution < 1.29 is 22.7 Å². The molecule has 1 amide bonds. The van der Waals surface area contributed by atoms with Crippen molar-refractivity contribution in [3.8, 4) is 5.75 Å². The first kappa shape index (κ1) is 15.1. The molecule has 0 aromatic heterocycles. The molecule has 0 saturated heterocycles. The summed E-state index contributed by atoms with van der Waals surface area (Å²) in [5.41, 5.74) is 5.36. The number of anilines is 1. The normalized spacial score (nSPS) is 11.5. The number of alkyl halides is 3. The van der Waals surface area contributed by atoms with Gasteiger partial charge in [-0.1, -0.05) is 13.8 Å². The first-order valence-corrected chi connectivity index (χ1v) is 5.62. The molecule has 7 heteroatoms. The molecule has 0 aliphatic heterocycles. The van der Waals surface area contributed by atoms with Crippen LogP contribution in [0.4, 0.5) is 18.9 Å². The van der Waals surface area contributed by atoms with Crippen LogP contribution >= 0.6 is 0 Å². The average Bonchev–Trinajstić information content (AvgIpc) is 2.27. The third-order valence-electron chi connectivity index (χ3n) is 2.17. The van der Waals surface area contributed by atoms with E-state index in [9.17, 15) is 18.0 Å². The maximum absolute atomic E-state index is 12.0. The zero-order chi connectivity index (χ0) is 14.6. The summed E-state index contributed by atoms with van der Waals surface area (Å²) < 4.78 is 39.8. The zero-order valence-corrected chi connectivity index (χ0v) is 10.5. The molecule has 1 aromatic carbocycles. The van der Waals surface area contributed by atoms with Gasteiger partial charge < -0.3 is 15.8 Å². The van der Waals surface area contributed by atoms with E-state index in [-0.39, 0.29) is 23.1 Å². The lowest BCUT2D eigenvalue weighted by Crippen LogP contribution is -2.27. The van der Waals surface area contributed by atoms with Crippen LogP contribution in [0.3, 0.4) is 0 Å². The number of nitrogen functional groups attached to an aromatic ring is 1. The number of hydrogen-bond donors (Lipinski definition) is 2. The van der Waals surface area contributed by atoms with E-state index in [1.807, 2.05) is 13.8 Å². The molecule has 0 aliphatic carbocycles. The van der Waals surface area contributed by atoms with Gasteiger partial charge in [0.05, 0.1) is 5.69 Å². The van der Waals surface area contributed by atoms with Gasteiger partial charge in [-0.15, -0.1) is 13.2 Å². The van der Waals surface area contributed by atoms with E-state index in [0.717, 1.165) is 12.1 Å². The van der Waals surface area contributed by atoms with Crippen LogP contribution in [-0.2, 0) is 0 Å². The van der Waals surface area contributed by atoms with Crippen molar-refractivity contribution in [3.05, 3.63) is 23.8 Å². The fourth-order valence-corrected chi connectivity index (χ4v) is 1.31. The summed E-state index contributed by atoms with van der Waals surface area (Å²) >= 11 is 0. The summed E-state index contributed by atoms with van der Waals surface area (Å²) in [7, 11) is 0. The van der Waals surface area contributed by atoms with Crippen LogP contribution in [0.2, 0.25) is 0 Å². The van der Waals surface area contributed by atoms with Crippen LogP contribution in [0, 0.1) is 5.92 Å². The Kier molecular flexibility index (Phi) is 4.63. The number of nitrogens with one attached hydrogen (secondary N) is 1. The second kappa shape index (κ2) is 5.81. The van der Waals surface area contributed by atoms with Gasteiger partial charge in [0, 0.05) is 12.1 Å². The highest BCUT2D eigenvalue weighted by Gasteiger charge is 2.32. The van der Waals surface area contributed by atoms with E-state index in [0.29, 0.717) is 6.54 Å². The quantitative estimate of drug-likeness (QED) is 0.831. The third kappa shape index (κ3) is 5.07. The number of hydrogen-bond acceptors (Lipinski definition) is 3. The summed E-state index contributed by atoms with van der Waals surface area (Å²) in [5.74, 6) is -0.638. The second-order valence-electron chi connectivity index (χ2n) is 4.40. The van der Waals surface area contributed by atoms with E-state index in [1.165, 1.54) is 6.07 Å². The monoisotopic (exact) mass is 276 g/mol. The van der Waals surface area contributed by atoms with Crippen LogP contribution in [0.25, 0.3) is 0 Å². The fraction of sp³-hybridized carbons (Fsp3) is 0.417. The molecule has 1 aromatic rings. The van der Waals surface area contributed by atoms with Gasteiger partial charge in [0.25, 0.3) is 5.91 Å². The van der Waals surface area contributed by atoms with Crippen molar-refractivity contribution in [2.75, 3.05) is 12.3 Å². The van der Waals surface area contributed by atoms with Gasteiger partial charge in [0.2, 0.25) is 0 Å². The molecule has 0 atom stereocenters. The average molecular weight is 276 g/mol. The van der Waals surface area contributed by atoms with Gasteiger partial charge >= 0.3 is 6.36 Å². The van der Waals surface area contributed by atoms with Crippen molar-refractivity contribution in [1.29, 1.82) is 0 Å². The smallest absolute Gasteiger partial charge is 0.404 e. The number of rotatable bonds is 4. The standard InChI is InChI=1S/C12H15F3N2O2/c1-7(2)6-17-11(18)8-3-4-10(9(16)5-8)19-12(13,14)15/h3-5,7H,6,16H2,1-2H3,(H,17,18). The first-order valence-electron chi connectivity index (χ1n) is 5.62. The Hall–Kier alpha value is -1.92. The number of amides is 1. The van der Waals surface area contributed by atoms with Crippen molar-refractivity contribution in [1.82, 2.24) is 5.32 Å². The molecule has 0 bridgehead atoms. The number of benzene rings is 1. The van der Waals surface area contributed by atoms with E-state index >= 15 is 0 Å². The molecule has 0 radical (unpaired) electrons. The lowest BCUT2D eigenvalue weighted by Gasteiger charge is -2.12. The lowest BCUT2D eigenvalue weighted by atomic mass is 10.1. The Morgan fingerprint density at radius 1 is 1.42 bits per heavy atom. The molecule has 1 rings (SSSR count). The van der Waals surface area contributed by atoms with Gasteiger partial charge in [0.1, 0.15) is 0 Å². The highest BCUT2D eigenvalue weighted by atomic mass is 19.4. The van der Waals surface area contributed by atoms with Crippen LogP contribution in [0.15, 0.2) is 18.2 Å². The first-order chi connectivity index (χ1) is 8.69. The van der Waals surface area contributed by atoms with Crippen LogP contribution < -0.4 is 15.8 Å². The Labute approximate surface area is 108 Å². The highest BCUT2D eigenvalue weighted by Crippen LogP contribution is 2.28. The molecular formula is C12H15F3N2O2. The molecule has 3 N–H and O–H groups in total. The van der Waals surface area contributed by atoms with Gasteiger partial charge in [-0.2, -0.15) is 0 Å². The summed E-state index contributed by atoms with van der Waals surface area (Å²) in [6.07, 6.45) is -4.81. The molecule has 106 valence electrons. The molecule has 0 aliphatic rings. The molecular weight excluding hydrogens is 261 g/mol. The SMILES string of the molecule is CC(C)CNC(=O)c1ccc(OC(F)(F)F)c(N)c1. The van der Waals surface area contributed by atoms with E-state index in [1.54, 1.807) is 0 Å². The molecule has 19 heavy (non-hydrogen) atoms. The Morgan fingerprint density at radius 2 is 2.05 bits per heavy atom. The Balaban J connectivity index is 2.79. The van der Waals surface area contributed by atoms with Gasteiger partial charge in [-0.05, 0) is 24.1 Å². The lowest BCUT2D eigenvalue weighted by molar-refractivity contribution is -0.274. The minimum Gasteiger partial charge on any atom is -0.404 e. The highest BCUT2D eigenvalue weighted by molar-refractivity contribution is 5.95. The van der Waals surface area contributed by atoms with Gasteiger partial charge in [0.15, 0.2) is 5.75 Å². The van der Waals surface area contributed by atoms with Crippen LogP contribution in [-0.4, -0.2) is 18.8 Å². The van der Waals surface area contributed by atoms with Crippen molar-refractivity contribution >= 4 is 11.6 Å². The molecule has 0 heterocycles. The van der Waals surface area contributed by atoms with E-state index in [4.69, 9.17) is 5.73 Å². The maximum atomic E-state index is 12.0. The molecule has 0 unspecified atom stereocenters. The van der Waals surface area contributed by atoms with E-state index < -0.39 is 12.1 Å². The Morgan fingerprint density at radius 3 is 2.53 bits per heavy atom. The summed E-state index contributed by atoms with van der Waals surface area (Å²) in [6.45, 7) is 4.32. The summed E-state index contributed by atoms with van der Waals surface area (Å²) in [6, 6.07) is 3.40. The molecule has 0 fully saturated rings. The van der Waals surface area contributed by atoms with Crippen molar-refractivity contribution in [3.63, 3.8) is 0 Å². The van der Waals surface area contributed by atoms with Gasteiger partial charge in [-0.25, -0.2) is 0 Å². The predicted molar refractivity (Wildman–Crippen MR) is 64.7 cm³/mol. The number of nitrogens with two attached hydrogens (primary N) is 1. The number of halogens is 3. The summed E-state index contributed by atoms with van der Waals surface area (Å²) in [5, 5.41) is 2.64. The number of carbonyl (C=O) groups excluding carboxylic acids is 1. The molecule has 0 saturated carbocycles.